The Morgan fingerprint density at radius 3 is 2.66 bits per heavy atom. The molecule has 0 spiro atoms. The van der Waals surface area contributed by atoms with Crippen molar-refractivity contribution in [2.75, 3.05) is 45.7 Å². The van der Waals surface area contributed by atoms with Crippen molar-refractivity contribution in [1.29, 1.82) is 0 Å². The monoisotopic (exact) mass is 394 g/mol. The summed E-state index contributed by atoms with van der Waals surface area (Å²) in [5.74, 6) is 3.26. The highest BCUT2D eigenvalue weighted by molar-refractivity contribution is 5.94. The zero-order valence-electron chi connectivity index (χ0n) is 16.7. The topological polar surface area (TPSA) is 74.2 Å². The molecule has 1 unspecified atom stereocenters. The summed E-state index contributed by atoms with van der Waals surface area (Å²) in [5, 5.41) is 6.87. The Kier molecular flexibility index (Phi) is 5.81. The highest BCUT2D eigenvalue weighted by Crippen LogP contribution is 2.22. The molecular weight excluding hydrogens is 368 g/mol. The lowest BCUT2D eigenvalue weighted by Gasteiger charge is -2.43. The molecule has 1 atom stereocenters. The third kappa shape index (κ3) is 4.60. The number of para-hydroxylation sites is 1. The number of aromatic nitrogens is 1. The molecule has 0 bridgehead atoms. The van der Waals surface area contributed by atoms with Gasteiger partial charge in [0.15, 0.2) is 6.29 Å². The maximum atomic E-state index is 5.76. The van der Waals surface area contributed by atoms with Crippen molar-refractivity contribution in [3.63, 3.8) is 0 Å². The van der Waals surface area contributed by atoms with E-state index in [1.165, 1.54) is 0 Å². The number of hydrogen-bond donors (Lipinski definition) is 2. The van der Waals surface area contributed by atoms with Gasteiger partial charge in [-0.05, 0) is 18.2 Å². The Balaban J connectivity index is 1.44. The van der Waals surface area contributed by atoms with Crippen LogP contribution in [0.3, 0.4) is 0 Å². The average molecular weight is 394 g/mol. The van der Waals surface area contributed by atoms with E-state index in [0.717, 1.165) is 49.4 Å². The van der Waals surface area contributed by atoms with Crippen LogP contribution >= 0.6 is 0 Å². The van der Waals surface area contributed by atoms with Gasteiger partial charge >= 0.3 is 0 Å². The van der Waals surface area contributed by atoms with E-state index in [2.05, 4.69) is 43.5 Å². The largest absolute Gasteiger partial charge is 0.439 e. The first-order valence-electron chi connectivity index (χ1n) is 9.69. The van der Waals surface area contributed by atoms with E-state index in [-0.39, 0.29) is 6.29 Å². The number of nitrogens with one attached hydrogen (secondary N) is 2. The van der Waals surface area contributed by atoms with Gasteiger partial charge in [-0.15, -0.1) is 0 Å². The highest BCUT2D eigenvalue weighted by Gasteiger charge is 2.27. The third-order valence-electron chi connectivity index (χ3n) is 4.88. The molecule has 1 fully saturated rings. The quantitative estimate of drug-likeness (QED) is 0.806. The van der Waals surface area contributed by atoms with Crippen molar-refractivity contribution in [3.8, 4) is 11.6 Å². The van der Waals surface area contributed by atoms with Gasteiger partial charge in [0.1, 0.15) is 17.4 Å². The normalized spacial score (nSPS) is 20.8. The number of rotatable bonds is 5. The van der Waals surface area contributed by atoms with Crippen LogP contribution in [0.15, 0.2) is 65.6 Å². The van der Waals surface area contributed by atoms with Crippen molar-refractivity contribution < 1.29 is 9.47 Å². The second-order valence-electron chi connectivity index (χ2n) is 6.81. The van der Waals surface area contributed by atoms with E-state index >= 15 is 0 Å². The molecule has 3 heterocycles. The lowest BCUT2D eigenvalue weighted by molar-refractivity contribution is 0.0354. The van der Waals surface area contributed by atoms with Gasteiger partial charge in [0.05, 0.1) is 25.1 Å². The van der Waals surface area contributed by atoms with E-state index in [1.54, 1.807) is 13.2 Å². The summed E-state index contributed by atoms with van der Waals surface area (Å²) in [7, 11) is 3.84. The number of morpholine rings is 1. The van der Waals surface area contributed by atoms with Crippen molar-refractivity contribution in [2.24, 2.45) is 4.99 Å². The zero-order chi connectivity index (χ0) is 20.1. The van der Waals surface area contributed by atoms with Gasteiger partial charge in [-0.25, -0.2) is 4.98 Å². The van der Waals surface area contributed by atoms with Crippen molar-refractivity contribution in [3.05, 3.63) is 60.6 Å². The van der Waals surface area contributed by atoms with E-state index in [4.69, 9.17) is 9.47 Å². The molecule has 0 amide bonds. The number of nitrogens with zero attached hydrogens (tertiary/aromatic N) is 4. The SMILES string of the molecule is CN=C1C=C(N2CCOCC2)N(C)C(Nc2ccc(Oc3ccccc3)nc2)N1. The molecular formula is C21H26N6O2. The van der Waals surface area contributed by atoms with Crippen LogP contribution in [-0.2, 0) is 4.74 Å². The first-order chi connectivity index (χ1) is 14.2. The van der Waals surface area contributed by atoms with Crippen LogP contribution in [0.4, 0.5) is 5.69 Å². The van der Waals surface area contributed by atoms with E-state index in [1.807, 2.05) is 42.5 Å². The van der Waals surface area contributed by atoms with Gasteiger partial charge in [0.2, 0.25) is 5.88 Å². The summed E-state index contributed by atoms with van der Waals surface area (Å²) in [6.45, 7) is 3.21. The molecule has 8 nitrogen and oxygen atoms in total. The van der Waals surface area contributed by atoms with Crippen LogP contribution < -0.4 is 15.4 Å². The van der Waals surface area contributed by atoms with E-state index in [9.17, 15) is 0 Å². The van der Waals surface area contributed by atoms with Crippen LogP contribution in [0.2, 0.25) is 0 Å². The predicted molar refractivity (Wildman–Crippen MR) is 113 cm³/mol. The fourth-order valence-electron chi connectivity index (χ4n) is 3.30. The van der Waals surface area contributed by atoms with E-state index in [0.29, 0.717) is 5.88 Å². The number of pyridine rings is 1. The lowest BCUT2D eigenvalue weighted by atomic mass is 10.3. The second kappa shape index (κ2) is 8.83. The molecule has 4 rings (SSSR count). The van der Waals surface area contributed by atoms with Gasteiger partial charge in [-0.2, -0.15) is 0 Å². The third-order valence-corrected chi connectivity index (χ3v) is 4.88. The van der Waals surface area contributed by atoms with Crippen LogP contribution in [-0.4, -0.2) is 67.3 Å². The molecule has 1 aromatic heterocycles. The molecule has 2 aliphatic rings. The molecule has 0 saturated carbocycles. The fraction of sp³-hybridized carbons (Fsp3) is 0.333. The first-order valence-corrected chi connectivity index (χ1v) is 9.69. The number of benzene rings is 1. The summed E-state index contributed by atoms with van der Waals surface area (Å²) in [6, 6.07) is 13.4. The summed E-state index contributed by atoms with van der Waals surface area (Å²) < 4.78 is 11.2. The summed E-state index contributed by atoms with van der Waals surface area (Å²) in [4.78, 5) is 13.2. The first kappa shape index (κ1) is 19.1. The molecule has 2 N–H and O–H groups in total. The molecule has 0 radical (unpaired) electrons. The Bertz CT molecular complexity index is 862. The maximum Gasteiger partial charge on any atom is 0.219 e. The molecule has 2 aliphatic heterocycles. The fourth-order valence-corrected chi connectivity index (χ4v) is 3.30. The standard InChI is InChI=1S/C21H26N6O2/c1-22-18-14-20(27-10-12-28-13-11-27)26(2)21(25-18)24-16-8-9-19(23-15-16)29-17-6-4-3-5-7-17/h3-9,14-15,21,24H,10-13H2,1-2H3,(H,22,25). The summed E-state index contributed by atoms with van der Waals surface area (Å²) in [6.07, 6.45) is 3.68. The van der Waals surface area contributed by atoms with Gasteiger partial charge in [-0.1, -0.05) is 18.2 Å². The molecule has 1 saturated heterocycles. The summed E-state index contributed by atoms with van der Waals surface area (Å²) in [5.41, 5.74) is 0.883. The zero-order valence-corrected chi connectivity index (χ0v) is 16.7. The van der Waals surface area contributed by atoms with Crippen LogP contribution in [0, 0.1) is 0 Å². The second-order valence-corrected chi connectivity index (χ2v) is 6.81. The molecule has 8 heteroatoms. The summed E-state index contributed by atoms with van der Waals surface area (Å²) >= 11 is 0. The maximum absolute atomic E-state index is 5.76. The number of anilines is 1. The molecule has 0 aliphatic carbocycles. The smallest absolute Gasteiger partial charge is 0.219 e. The lowest BCUT2D eigenvalue weighted by Crippen LogP contribution is -2.57. The highest BCUT2D eigenvalue weighted by atomic mass is 16.5. The van der Waals surface area contributed by atoms with Crippen LogP contribution in [0.25, 0.3) is 0 Å². The molecule has 152 valence electrons. The van der Waals surface area contributed by atoms with Gasteiger partial charge < -0.3 is 29.9 Å². The predicted octanol–water partition coefficient (Wildman–Crippen LogP) is 2.31. The Morgan fingerprint density at radius 1 is 1.17 bits per heavy atom. The Labute approximate surface area is 170 Å². The number of aliphatic imine (C=N–C) groups is 1. The number of ether oxygens (including phenoxy) is 2. The minimum atomic E-state index is -0.153. The Hall–Kier alpha value is -3.26. The van der Waals surface area contributed by atoms with Crippen molar-refractivity contribution in [2.45, 2.75) is 6.29 Å². The van der Waals surface area contributed by atoms with Gasteiger partial charge in [-0.3, -0.25) is 4.99 Å². The molecule has 29 heavy (non-hydrogen) atoms. The molecule has 1 aromatic carbocycles. The van der Waals surface area contributed by atoms with Crippen LogP contribution in [0.5, 0.6) is 11.6 Å². The van der Waals surface area contributed by atoms with Crippen molar-refractivity contribution in [1.82, 2.24) is 20.1 Å². The Morgan fingerprint density at radius 2 is 1.97 bits per heavy atom. The number of hydrogen-bond acceptors (Lipinski definition) is 7. The van der Waals surface area contributed by atoms with Crippen LogP contribution in [0.1, 0.15) is 0 Å². The average Bonchev–Trinajstić information content (AvgIpc) is 2.78. The van der Waals surface area contributed by atoms with Gasteiger partial charge in [0.25, 0.3) is 0 Å². The minimum Gasteiger partial charge on any atom is -0.439 e. The van der Waals surface area contributed by atoms with Gasteiger partial charge in [0, 0.05) is 39.3 Å². The van der Waals surface area contributed by atoms with E-state index < -0.39 is 0 Å². The number of amidine groups is 1. The minimum absolute atomic E-state index is 0.153. The molecule has 2 aromatic rings. The van der Waals surface area contributed by atoms with Crippen molar-refractivity contribution >= 4 is 11.5 Å².